The van der Waals surface area contributed by atoms with E-state index in [1.165, 1.54) is 32.4 Å². The van der Waals surface area contributed by atoms with E-state index in [1.807, 2.05) is 6.07 Å². The molecule has 0 unspecified atom stereocenters. The molecule has 0 aliphatic carbocycles. The number of aromatic nitrogens is 1. The van der Waals surface area contributed by atoms with Crippen molar-refractivity contribution in [2.45, 2.75) is 0 Å². The summed E-state index contributed by atoms with van der Waals surface area (Å²) in [5, 5.41) is 7.48. The fourth-order valence-corrected chi connectivity index (χ4v) is 3.67. The van der Waals surface area contributed by atoms with Gasteiger partial charge in [0.2, 0.25) is 0 Å². The first kappa shape index (κ1) is 12.5. The lowest BCUT2D eigenvalue weighted by Gasteiger charge is -2.07. The minimum Gasteiger partial charge on any atom is -0.496 e. The zero-order valence-corrected chi connectivity index (χ0v) is 12.8. The van der Waals surface area contributed by atoms with Crippen LogP contribution in [0.5, 0.6) is 5.75 Å². The van der Waals surface area contributed by atoms with Gasteiger partial charge in [0.1, 0.15) is 5.75 Å². The fourth-order valence-electron chi connectivity index (χ4n) is 3.67. The van der Waals surface area contributed by atoms with E-state index < -0.39 is 0 Å². The van der Waals surface area contributed by atoms with Gasteiger partial charge in [-0.1, -0.05) is 42.5 Å². The molecule has 5 rings (SSSR count). The highest BCUT2D eigenvalue weighted by atomic mass is 16.5. The molecule has 1 heterocycles. The molecule has 110 valence electrons. The van der Waals surface area contributed by atoms with Crippen LogP contribution in [-0.2, 0) is 0 Å². The Morgan fingerprint density at radius 3 is 2.26 bits per heavy atom. The van der Waals surface area contributed by atoms with Crippen molar-refractivity contribution in [3.63, 3.8) is 0 Å². The first-order chi connectivity index (χ1) is 11.4. The molecule has 0 spiro atoms. The molecule has 0 aliphatic heterocycles. The molecule has 0 bridgehead atoms. The summed E-state index contributed by atoms with van der Waals surface area (Å²) < 4.78 is 5.54. The third-order valence-electron chi connectivity index (χ3n) is 4.69. The number of benzene rings is 4. The van der Waals surface area contributed by atoms with Gasteiger partial charge < -0.3 is 9.72 Å². The van der Waals surface area contributed by atoms with E-state index in [1.54, 1.807) is 7.11 Å². The average molecular weight is 297 g/mol. The third-order valence-corrected chi connectivity index (χ3v) is 4.69. The Morgan fingerprint density at radius 1 is 0.652 bits per heavy atom. The van der Waals surface area contributed by atoms with Crippen molar-refractivity contribution in [3.05, 3.63) is 66.7 Å². The van der Waals surface area contributed by atoms with Gasteiger partial charge in [0.15, 0.2) is 0 Å². The Balaban J connectivity index is 2.11. The van der Waals surface area contributed by atoms with Crippen molar-refractivity contribution in [1.82, 2.24) is 4.98 Å². The van der Waals surface area contributed by atoms with Crippen LogP contribution in [0.4, 0.5) is 0 Å². The summed E-state index contributed by atoms with van der Waals surface area (Å²) >= 11 is 0. The Bertz CT molecular complexity index is 1200. The number of aromatic amines is 1. The Kier molecular flexibility index (Phi) is 2.45. The molecule has 1 aromatic heterocycles. The van der Waals surface area contributed by atoms with Gasteiger partial charge in [-0.3, -0.25) is 0 Å². The molecule has 0 saturated carbocycles. The van der Waals surface area contributed by atoms with Crippen molar-refractivity contribution in [2.75, 3.05) is 7.11 Å². The van der Waals surface area contributed by atoms with Gasteiger partial charge in [-0.2, -0.15) is 0 Å². The normalized spacial score (nSPS) is 11.7. The third kappa shape index (κ3) is 1.63. The van der Waals surface area contributed by atoms with Crippen LogP contribution in [0.2, 0.25) is 0 Å². The molecule has 2 heteroatoms. The minimum atomic E-state index is 0.916. The Hall–Kier alpha value is -3.00. The van der Waals surface area contributed by atoms with Crippen LogP contribution in [0.25, 0.3) is 43.4 Å². The first-order valence-corrected chi connectivity index (χ1v) is 7.76. The maximum atomic E-state index is 5.54. The van der Waals surface area contributed by atoms with E-state index in [0.717, 1.165) is 16.7 Å². The van der Waals surface area contributed by atoms with E-state index in [-0.39, 0.29) is 0 Å². The number of fused-ring (bicyclic) bond motifs is 7. The second-order valence-corrected chi connectivity index (χ2v) is 5.88. The van der Waals surface area contributed by atoms with Gasteiger partial charge in [-0.15, -0.1) is 0 Å². The standard InChI is InChI=1S/C21H15NO/c1-23-19-8-4-7-16-15(19)10-12-18-21(16)20-14-6-3-2-5-13(14)9-11-17(20)22-18/h2-12,22H,1H3. The summed E-state index contributed by atoms with van der Waals surface area (Å²) in [6.07, 6.45) is 0. The van der Waals surface area contributed by atoms with Gasteiger partial charge in [0.25, 0.3) is 0 Å². The monoisotopic (exact) mass is 297 g/mol. The number of ether oxygens (including phenoxy) is 1. The molecule has 23 heavy (non-hydrogen) atoms. The summed E-state index contributed by atoms with van der Waals surface area (Å²) in [7, 11) is 1.73. The first-order valence-electron chi connectivity index (χ1n) is 7.76. The maximum Gasteiger partial charge on any atom is 0.126 e. The summed E-state index contributed by atoms with van der Waals surface area (Å²) in [6.45, 7) is 0. The van der Waals surface area contributed by atoms with Crippen LogP contribution in [0.15, 0.2) is 66.7 Å². The molecule has 0 aliphatic rings. The Labute approximate surface area is 133 Å². The topological polar surface area (TPSA) is 25.0 Å². The molecule has 0 fully saturated rings. The second-order valence-electron chi connectivity index (χ2n) is 5.88. The molecule has 2 nitrogen and oxygen atoms in total. The summed E-state index contributed by atoms with van der Waals surface area (Å²) in [5.41, 5.74) is 2.34. The van der Waals surface area contributed by atoms with E-state index in [0.29, 0.717) is 0 Å². The Morgan fingerprint density at radius 2 is 1.39 bits per heavy atom. The number of hydrogen-bond donors (Lipinski definition) is 1. The van der Waals surface area contributed by atoms with Crippen molar-refractivity contribution in [2.24, 2.45) is 0 Å². The zero-order valence-electron chi connectivity index (χ0n) is 12.8. The number of H-pyrrole nitrogens is 1. The van der Waals surface area contributed by atoms with E-state index in [4.69, 9.17) is 4.74 Å². The summed E-state index contributed by atoms with van der Waals surface area (Å²) in [5.74, 6) is 0.916. The van der Waals surface area contributed by atoms with Crippen molar-refractivity contribution in [1.29, 1.82) is 0 Å². The quantitative estimate of drug-likeness (QED) is 0.426. The SMILES string of the molecule is COc1cccc2c1ccc1[nH]c3ccc4ccccc4c3c12. The minimum absolute atomic E-state index is 0.916. The lowest BCUT2D eigenvalue weighted by molar-refractivity contribution is 0.420. The maximum absolute atomic E-state index is 5.54. The second kappa shape index (κ2) is 4.50. The van der Waals surface area contributed by atoms with Crippen LogP contribution >= 0.6 is 0 Å². The fraction of sp³-hybridized carbons (Fsp3) is 0.0476. The van der Waals surface area contributed by atoms with Crippen molar-refractivity contribution in [3.8, 4) is 5.75 Å². The average Bonchev–Trinajstić information content (AvgIpc) is 3.00. The molecular formula is C21H15NO. The molecule has 1 N–H and O–H groups in total. The molecule has 5 aromatic rings. The molecule has 0 radical (unpaired) electrons. The van der Waals surface area contributed by atoms with Crippen LogP contribution < -0.4 is 4.74 Å². The number of rotatable bonds is 1. The lowest BCUT2D eigenvalue weighted by Crippen LogP contribution is -1.84. The summed E-state index contributed by atoms with van der Waals surface area (Å²) in [6, 6.07) is 23.4. The van der Waals surface area contributed by atoms with Crippen molar-refractivity contribution >= 4 is 43.4 Å². The van der Waals surface area contributed by atoms with Gasteiger partial charge in [0.05, 0.1) is 7.11 Å². The van der Waals surface area contributed by atoms with Crippen molar-refractivity contribution < 1.29 is 4.74 Å². The van der Waals surface area contributed by atoms with Gasteiger partial charge >= 0.3 is 0 Å². The predicted octanol–water partition coefficient (Wildman–Crippen LogP) is 5.64. The zero-order chi connectivity index (χ0) is 15.4. The molecular weight excluding hydrogens is 282 g/mol. The van der Waals surface area contributed by atoms with Crippen LogP contribution in [0, 0.1) is 0 Å². The van der Waals surface area contributed by atoms with Crippen LogP contribution in [-0.4, -0.2) is 12.1 Å². The highest BCUT2D eigenvalue weighted by molar-refractivity contribution is 6.27. The van der Waals surface area contributed by atoms with Gasteiger partial charge in [0, 0.05) is 27.2 Å². The molecule has 0 amide bonds. The number of methoxy groups -OCH3 is 1. The number of nitrogens with one attached hydrogen (secondary N) is 1. The molecule has 4 aromatic carbocycles. The summed E-state index contributed by atoms with van der Waals surface area (Å²) in [4.78, 5) is 3.56. The van der Waals surface area contributed by atoms with E-state index in [2.05, 4.69) is 65.6 Å². The van der Waals surface area contributed by atoms with Crippen LogP contribution in [0.1, 0.15) is 0 Å². The lowest BCUT2D eigenvalue weighted by atomic mass is 9.99. The van der Waals surface area contributed by atoms with Gasteiger partial charge in [-0.25, -0.2) is 0 Å². The van der Waals surface area contributed by atoms with E-state index >= 15 is 0 Å². The highest BCUT2D eigenvalue weighted by Gasteiger charge is 2.12. The highest BCUT2D eigenvalue weighted by Crippen LogP contribution is 2.38. The number of hydrogen-bond acceptors (Lipinski definition) is 1. The largest absolute Gasteiger partial charge is 0.496 e. The van der Waals surface area contributed by atoms with Crippen LogP contribution in [0.3, 0.4) is 0 Å². The smallest absolute Gasteiger partial charge is 0.126 e. The van der Waals surface area contributed by atoms with E-state index in [9.17, 15) is 0 Å². The molecule has 0 atom stereocenters. The van der Waals surface area contributed by atoms with Gasteiger partial charge in [-0.05, 0) is 40.4 Å². The molecule has 0 saturated heterocycles. The predicted molar refractivity (Wildman–Crippen MR) is 97.4 cm³/mol.